The summed E-state index contributed by atoms with van der Waals surface area (Å²) in [7, 11) is 0. The summed E-state index contributed by atoms with van der Waals surface area (Å²) in [6.45, 7) is 0. The molecule has 13 rings (SSSR count). The second-order valence-electron chi connectivity index (χ2n) is 16.0. The van der Waals surface area contributed by atoms with Crippen molar-refractivity contribution in [2.45, 2.75) is 5.54 Å². The van der Waals surface area contributed by atoms with Crippen LogP contribution in [-0.2, 0) is 5.54 Å². The summed E-state index contributed by atoms with van der Waals surface area (Å²) >= 11 is 1.86. The van der Waals surface area contributed by atoms with Crippen LogP contribution in [0.2, 0.25) is 0 Å². The number of benzene rings is 10. The number of fused-ring (bicyclic) bond motifs is 11. The van der Waals surface area contributed by atoms with Crippen LogP contribution < -0.4 is 4.90 Å². The third-order valence-corrected chi connectivity index (χ3v) is 14.1. The van der Waals surface area contributed by atoms with E-state index >= 15 is 0 Å². The average molecular weight is 781 g/mol. The zero-order valence-corrected chi connectivity index (χ0v) is 33.4. The van der Waals surface area contributed by atoms with Crippen molar-refractivity contribution in [3.05, 3.63) is 235 Å². The smallest absolute Gasteiger partial charge is 0.122 e. The maximum absolute atomic E-state index is 2.66. The number of para-hydroxylation sites is 1. The normalized spacial score (nSPS) is 13.1. The first-order valence-corrected chi connectivity index (χ1v) is 21.5. The van der Waals surface area contributed by atoms with Crippen molar-refractivity contribution in [3.63, 3.8) is 0 Å². The highest BCUT2D eigenvalue weighted by molar-refractivity contribution is 7.26. The lowest BCUT2D eigenvalue weighted by molar-refractivity contribution is 0.564. The second kappa shape index (κ2) is 12.8. The molecule has 0 atom stereocenters. The standard InChI is InChI=1S/C57H36N2S/c1-3-16-39-34-41(30-28-37(39)14-1)57(49-22-9-5-18-44(49)45-19-6-10-23-50(45)57)59-51-24-11-7-20-46(51)48-36-43(32-33-52(48)59)58(42-31-29-38-15-2-4-17-40(38)35-42)53-25-13-27-55-56(53)47-21-8-12-26-54(47)60-55/h1-36H. The van der Waals surface area contributed by atoms with Gasteiger partial charge < -0.3 is 9.47 Å². The monoisotopic (exact) mass is 780 g/mol. The Labute approximate surface area is 351 Å². The van der Waals surface area contributed by atoms with Crippen LogP contribution in [0.5, 0.6) is 0 Å². The molecule has 60 heavy (non-hydrogen) atoms. The minimum absolute atomic E-state index is 0.640. The molecule has 12 aromatic rings. The Hall–Kier alpha value is -7.46. The molecule has 0 aliphatic heterocycles. The van der Waals surface area contributed by atoms with Crippen molar-refractivity contribution in [2.75, 3.05) is 4.90 Å². The van der Waals surface area contributed by atoms with Crippen molar-refractivity contribution in [1.29, 1.82) is 0 Å². The van der Waals surface area contributed by atoms with E-state index in [0.717, 1.165) is 11.4 Å². The Bertz CT molecular complexity index is 3650. The van der Waals surface area contributed by atoms with E-state index in [-0.39, 0.29) is 0 Å². The van der Waals surface area contributed by atoms with E-state index in [2.05, 4.69) is 228 Å². The fraction of sp³-hybridized carbons (Fsp3) is 0.0175. The molecular weight excluding hydrogens is 745 g/mol. The largest absolute Gasteiger partial charge is 0.322 e. The number of hydrogen-bond donors (Lipinski definition) is 0. The van der Waals surface area contributed by atoms with Crippen molar-refractivity contribution in [3.8, 4) is 11.1 Å². The molecule has 0 saturated carbocycles. The molecule has 3 heteroatoms. The molecule has 0 spiro atoms. The molecule has 0 saturated heterocycles. The van der Waals surface area contributed by atoms with Gasteiger partial charge in [0.05, 0.1) is 16.7 Å². The molecule has 0 unspecified atom stereocenters. The van der Waals surface area contributed by atoms with Gasteiger partial charge in [0.2, 0.25) is 0 Å². The number of hydrogen-bond acceptors (Lipinski definition) is 2. The van der Waals surface area contributed by atoms with Gasteiger partial charge in [-0.25, -0.2) is 0 Å². The van der Waals surface area contributed by atoms with Crippen LogP contribution in [0, 0.1) is 0 Å². The summed E-state index contributed by atoms with van der Waals surface area (Å²) in [5.41, 5.74) is 11.6. The minimum atomic E-state index is -0.640. The Morgan fingerprint density at radius 3 is 1.73 bits per heavy atom. The van der Waals surface area contributed by atoms with Gasteiger partial charge in [0.1, 0.15) is 5.54 Å². The van der Waals surface area contributed by atoms with Gasteiger partial charge in [-0.1, -0.05) is 158 Å². The van der Waals surface area contributed by atoms with E-state index in [1.54, 1.807) is 0 Å². The lowest BCUT2D eigenvalue weighted by Gasteiger charge is -2.37. The highest BCUT2D eigenvalue weighted by Gasteiger charge is 2.47. The first kappa shape index (κ1) is 33.5. The summed E-state index contributed by atoms with van der Waals surface area (Å²) in [5.74, 6) is 0. The zero-order valence-electron chi connectivity index (χ0n) is 32.6. The molecular formula is C57H36N2S. The Morgan fingerprint density at radius 1 is 0.383 bits per heavy atom. The van der Waals surface area contributed by atoms with Crippen LogP contribution in [0.4, 0.5) is 17.1 Å². The first-order valence-electron chi connectivity index (χ1n) is 20.7. The lowest BCUT2D eigenvalue weighted by atomic mass is 9.79. The van der Waals surface area contributed by atoms with E-state index in [1.807, 2.05) is 11.3 Å². The van der Waals surface area contributed by atoms with Crippen LogP contribution >= 0.6 is 11.3 Å². The fourth-order valence-electron chi connectivity index (χ4n) is 10.5. The van der Waals surface area contributed by atoms with E-state index in [9.17, 15) is 0 Å². The molecule has 10 aromatic carbocycles. The molecule has 1 aliphatic rings. The molecule has 0 amide bonds. The third-order valence-electron chi connectivity index (χ3n) is 13.0. The molecule has 280 valence electrons. The van der Waals surface area contributed by atoms with Gasteiger partial charge in [0, 0.05) is 42.3 Å². The van der Waals surface area contributed by atoms with Crippen molar-refractivity contribution >= 4 is 91.9 Å². The molecule has 0 radical (unpaired) electrons. The van der Waals surface area contributed by atoms with Crippen molar-refractivity contribution in [2.24, 2.45) is 0 Å². The predicted molar refractivity (Wildman–Crippen MR) is 256 cm³/mol. The maximum Gasteiger partial charge on any atom is 0.122 e. The summed E-state index contributed by atoms with van der Waals surface area (Å²) in [4.78, 5) is 2.48. The summed E-state index contributed by atoms with van der Waals surface area (Å²) in [6, 6.07) is 81.3. The van der Waals surface area contributed by atoms with E-state index in [0.29, 0.717) is 0 Å². The third kappa shape index (κ3) is 4.64. The summed E-state index contributed by atoms with van der Waals surface area (Å²) in [6.07, 6.45) is 0. The highest BCUT2D eigenvalue weighted by atomic mass is 32.1. The van der Waals surface area contributed by atoms with Gasteiger partial charge in [-0.05, 0) is 110 Å². The van der Waals surface area contributed by atoms with Crippen LogP contribution in [0.3, 0.4) is 0 Å². The van der Waals surface area contributed by atoms with E-state index in [1.165, 1.54) is 97.0 Å². The van der Waals surface area contributed by atoms with Crippen molar-refractivity contribution in [1.82, 2.24) is 4.57 Å². The Morgan fingerprint density at radius 2 is 0.950 bits per heavy atom. The van der Waals surface area contributed by atoms with Crippen molar-refractivity contribution < 1.29 is 0 Å². The zero-order chi connectivity index (χ0) is 39.4. The number of anilines is 3. The summed E-state index contributed by atoms with van der Waals surface area (Å²) < 4.78 is 5.24. The SMILES string of the molecule is c1ccc2c(c1)-c1ccccc1C2(c1ccc2ccccc2c1)n1c2ccccc2c2cc(N(c3ccc4ccccc4c3)c3cccc4sc5ccccc5c34)ccc21. The highest BCUT2D eigenvalue weighted by Crippen LogP contribution is 2.56. The molecule has 0 bridgehead atoms. The maximum atomic E-state index is 2.66. The first-order chi connectivity index (χ1) is 29.8. The van der Waals surface area contributed by atoms with Crippen LogP contribution in [0.1, 0.15) is 16.7 Å². The number of aromatic nitrogens is 1. The van der Waals surface area contributed by atoms with Crippen LogP contribution in [0.25, 0.3) is 74.6 Å². The number of nitrogens with zero attached hydrogens (tertiary/aromatic N) is 2. The quantitative estimate of drug-likeness (QED) is 0.169. The fourth-order valence-corrected chi connectivity index (χ4v) is 11.6. The molecule has 2 heterocycles. The second-order valence-corrected chi connectivity index (χ2v) is 17.1. The lowest BCUT2D eigenvalue weighted by Crippen LogP contribution is -2.35. The van der Waals surface area contributed by atoms with E-state index < -0.39 is 5.54 Å². The van der Waals surface area contributed by atoms with Gasteiger partial charge in [-0.3, -0.25) is 0 Å². The molecule has 2 aromatic heterocycles. The Kier molecular flexibility index (Phi) is 7.13. The van der Waals surface area contributed by atoms with Crippen LogP contribution in [0.15, 0.2) is 218 Å². The van der Waals surface area contributed by atoms with Gasteiger partial charge in [-0.15, -0.1) is 11.3 Å². The van der Waals surface area contributed by atoms with Gasteiger partial charge in [0.25, 0.3) is 0 Å². The van der Waals surface area contributed by atoms with Gasteiger partial charge >= 0.3 is 0 Å². The summed E-state index contributed by atoms with van der Waals surface area (Å²) in [5, 5.41) is 9.94. The molecule has 0 fully saturated rings. The molecule has 0 N–H and O–H groups in total. The van der Waals surface area contributed by atoms with Crippen LogP contribution in [-0.4, -0.2) is 4.57 Å². The van der Waals surface area contributed by atoms with Gasteiger partial charge in [-0.2, -0.15) is 0 Å². The molecule has 1 aliphatic carbocycles. The van der Waals surface area contributed by atoms with E-state index in [4.69, 9.17) is 0 Å². The minimum Gasteiger partial charge on any atom is -0.322 e. The Balaban J connectivity index is 1.13. The topological polar surface area (TPSA) is 8.17 Å². The molecule has 2 nitrogen and oxygen atoms in total. The predicted octanol–water partition coefficient (Wildman–Crippen LogP) is 15.8. The van der Waals surface area contributed by atoms with Gasteiger partial charge in [0.15, 0.2) is 0 Å². The average Bonchev–Trinajstić information content (AvgIpc) is 3.96. The number of rotatable bonds is 5. The number of thiophene rings is 1.